The summed E-state index contributed by atoms with van der Waals surface area (Å²) < 4.78 is 17.1. The Morgan fingerprint density at radius 1 is 0.800 bits per heavy atom. The van der Waals surface area contributed by atoms with Gasteiger partial charge in [-0.05, 0) is 61.9 Å². The molecule has 1 fully saturated rings. The number of carbonyl (C=O) groups is 2. The summed E-state index contributed by atoms with van der Waals surface area (Å²) in [6.45, 7) is 4.90. The Bertz CT molecular complexity index is 1180. The van der Waals surface area contributed by atoms with Gasteiger partial charge in [-0.15, -0.1) is 0 Å². The monoisotopic (exact) mass is 472 g/mol. The maximum atomic E-state index is 13.2. The Kier molecular flexibility index (Phi) is 7.60. The van der Waals surface area contributed by atoms with Crippen LogP contribution in [0.15, 0.2) is 84.6 Å². The van der Waals surface area contributed by atoms with Gasteiger partial charge in [0.15, 0.2) is 6.29 Å². The van der Waals surface area contributed by atoms with Gasteiger partial charge in [0.05, 0.1) is 5.69 Å². The molecule has 0 saturated carbocycles. The molecule has 180 valence electrons. The summed E-state index contributed by atoms with van der Waals surface area (Å²) in [6.07, 6.45) is 1.26. The molecule has 0 aliphatic carbocycles. The number of hydrogen-bond acceptors (Lipinski definition) is 5. The third-order valence-electron chi connectivity index (χ3n) is 5.48. The summed E-state index contributed by atoms with van der Waals surface area (Å²) >= 11 is 0. The topological polar surface area (TPSA) is 68.3 Å². The van der Waals surface area contributed by atoms with Crippen molar-refractivity contribution in [3.63, 3.8) is 0 Å². The molecule has 1 aliphatic rings. The van der Waals surface area contributed by atoms with Gasteiger partial charge in [0.1, 0.15) is 17.2 Å². The predicted octanol–water partition coefficient (Wildman–Crippen LogP) is 5.99. The number of anilines is 1. The van der Waals surface area contributed by atoms with E-state index in [2.05, 4.69) is 0 Å². The van der Waals surface area contributed by atoms with Crippen molar-refractivity contribution in [2.45, 2.75) is 20.1 Å². The van der Waals surface area contributed by atoms with Crippen LogP contribution >= 0.6 is 0 Å². The molecule has 0 radical (unpaired) electrons. The fourth-order valence-electron chi connectivity index (χ4n) is 3.72. The Hall–Kier alpha value is -3.94. The fourth-order valence-corrected chi connectivity index (χ4v) is 3.72. The van der Waals surface area contributed by atoms with Crippen molar-refractivity contribution in [2.24, 2.45) is 0 Å². The zero-order valence-corrected chi connectivity index (χ0v) is 20.0. The number of ether oxygens (including phenoxy) is 3. The van der Waals surface area contributed by atoms with Crippen molar-refractivity contribution in [3.8, 4) is 11.5 Å². The number of para-hydroxylation sites is 1. The summed E-state index contributed by atoms with van der Waals surface area (Å²) in [5.41, 5.74) is 2.44. The van der Waals surface area contributed by atoms with Crippen LogP contribution in [-0.2, 0) is 14.3 Å². The van der Waals surface area contributed by atoms with Crippen LogP contribution in [0.2, 0.25) is 0 Å². The van der Waals surface area contributed by atoms with E-state index in [4.69, 9.17) is 14.2 Å². The van der Waals surface area contributed by atoms with Crippen LogP contribution in [0.4, 0.5) is 10.5 Å². The van der Waals surface area contributed by atoms with Gasteiger partial charge in [0.25, 0.3) is 5.91 Å². The number of urea groups is 1. The average molecular weight is 473 g/mol. The van der Waals surface area contributed by atoms with Crippen LogP contribution in [0.5, 0.6) is 11.5 Å². The van der Waals surface area contributed by atoms with Crippen LogP contribution in [0, 0.1) is 0 Å². The Morgan fingerprint density at radius 2 is 1.40 bits per heavy atom. The van der Waals surface area contributed by atoms with Crippen LogP contribution in [0.25, 0.3) is 6.08 Å². The zero-order chi connectivity index (χ0) is 24.8. The molecular formula is C28H28N2O5. The van der Waals surface area contributed by atoms with E-state index < -0.39 is 12.3 Å². The standard InChI is InChI=1S/C28H28N2O5/c1-4-33-27(34-5-2)21-13-11-20(12-14-21)19-25-26(31)30(28(32)29(25)3)22-15-17-24(18-16-22)35-23-9-7-6-8-10-23/h6-19,27H,4-5H2,1-3H3/b25-19+. The number of nitrogens with zero attached hydrogens (tertiary/aromatic N) is 2. The third-order valence-corrected chi connectivity index (χ3v) is 5.48. The lowest BCUT2D eigenvalue weighted by molar-refractivity contribution is -0.140. The van der Waals surface area contributed by atoms with Gasteiger partial charge in [0, 0.05) is 25.8 Å². The SMILES string of the molecule is CCOC(OCC)c1ccc(/C=C2\C(=O)N(c3ccc(Oc4ccccc4)cc3)C(=O)N2C)cc1. The summed E-state index contributed by atoms with van der Waals surface area (Å²) in [5, 5.41) is 0. The van der Waals surface area contributed by atoms with E-state index in [1.165, 1.54) is 4.90 Å². The molecule has 0 spiro atoms. The number of benzene rings is 3. The summed E-state index contributed by atoms with van der Waals surface area (Å²) in [5.74, 6) is 0.929. The van der Waals surface area contributed by atoms with Crippen molar-refractivity contribution >= 4 is 23.7 Å². The summed E-state index contributed by atoms with van der Waals surface area (Å²) in [4.78, 5) is 28.6. The van der Waals surface area contributed by atoms with E-state index in [0.29, 0.717) is 36.1 Å². The van der Waals surface area contributed by atoms with Crippen molar-refractivity contribution in [3.05, 3.63) is 95.7 Å². The van der Waals surface area contributed by atoms with Crippen molar-refractivity contribution in [1.82, 2.24) is 4.90 Å². The second-order valence-corrected chi connectivity index (χ2v) is 7.83. The van der Waals surface area contributed by atoms with Gasteiger partial charge in [-0.2, -0.15) is 0 Å². The van der Waals surface area contributed by atoms with Crippen LogP contribution in [-0.4, -0.2) is 37.1 Å². The third kappa shape index (κ3) is 5.42. The van der Waals surface area contributed by atoms with Gasteiger partial charge in [-0.25, -0.2) is 9.69 Å². The minimum absolute atomic E-state index is 0.290. The van der Waals surface area contributed by atoms with E-state index in [1.807, 2.05) is 68.4 Å². The first-order valence-electron chi connectivity index (χ1n) is 11.5. The molecule has 0 unspecified atom stereocenters. The second kappa shape index (κ2) is 11.0. The van der Waals surface area contributed by atoms with Gasteiger partial charge >= 0.3 is 6.03 Å². The van der Waals surface area contributed by atoms with Crippen molar-refractivity contribution in [1.29, 1.82) is 0 Å². The number of hydrogen-bond donors (Lipinski definition) is 0. The molecule has 0 aromatic heterocycles. The first-order valence-corrected chi connectivity index (χ1v) is 11.5. The molecule has 3 aromatic rings. The highest BCUT2D eigenvalue weighted by molar-refractivity contribution is 6.28. The van der Waals surface area contributed by atoms with Crippen LogP contribution < -0.4 is 9.64 Å². The Morgan fingerprint density at radius 3 is 2.00 bits per heavy atom. The molecule has 0 N–H and O–H groups in total. The molecule has 7 heteroatoms. The maximum absolute atomic E-state index is 13.2. The highest BCUT2D eigenvalue weighted by Crippen LogP contribution is 2.30. The average Bonchev–Trinajstić information content (AvgIpc) is 3.08. The lowest BCUT2D eigenvalue weighted by Gasteiger charge is -2.17. The molecule has 35 heavy (non-hydrogen) atoms. The molecular weight excluding hydrogens is 444 g/mol. The number of likely N-dealkylation sites (N-methyl/N-ethyl adjacent to an activating group) is 1. The quantitative estimate of drug-likeness (QED) is 0.217. The van der Waals surface area contributed by atoms with E-state index in [1.54, 1.807) is 37.4 Å². The van der Waals surface area contributed by atoms with Crippen molar-refractivity contribution < 1.29 is 23.8 Å². The van der Waals surface area contributed by atoms with Gasteiger partial charge in [-0.3, -0.25) is 9.69 Å². The molecule has 7 nitrogen and oxygen atoms in total. The molecule has 3 amide bonds. The number of rotatable bonds is 9. The Labute approximate surface area is 205 Å². The highest BCUT2D eigenvalue weighted by Gasteiger charge is 2.39. The number of imide groups is 1. The van der Waals surface area contributed by atoms with Gasteiger partial charge in [0.2, 0.25) is 0 Å². The lowest BCUT2D eigenvalue weighted by atomic mass is 10.1. The van der Waals surface area contributed by atoms with Crippen molar-refractivity contribution in [2.75, 3.05) is 25.2 Å². The molecule has 0 bridgehead atoms. The van der Waals surface area contributed by atoms with E-state index in [0.717, 1.165) is 16.0 Å². The van der Waals surface area contributed by atoms with Crippen LogP contribution in [0.1, 0.15) is 31.3 Å². The Balaban J connectivity index is 1.51. The minimum atomic E-state index is -0.437. The van der Waals surface area contributed by atoms with Gasteiger partial charge < -0.3 is 14.2 Å². The molecule has 1 aliphatic heterocycles. The van der Waals surface area contributed by atoms with Crippen LogP contribution in [0.3, 0.4) is 0 Å². The van der Waals surface area contributed by atoms with E-state index >= 15 is 0 Å². The zero-order valence-electron chi connectivity index (χ0n) is 20.0. The minimum Gasteiger partial charge on any atom is -0.457 e. The molecule has 3 aromatic carbocycles. The predicted molar refractivity (Wildman–Crippen MR) is 134 cm³/mol. The summed E-state index contributed by atoms with van der Waals surface area (Å²) in [7, 11) is 1.59. The normalized spacial score (nSPS) is 14.9. The van der Waals surface area contributed by atoms with E-state index in [-0.39, 0.29) is 5.91 Å². The number of amides is 3. The van der Waals surface area contributed by atoms with E-state index in [9.17, 15) is 9.59 Å². The largest absolute Gasteiger partial charge is 0.457 e. The molecule has 0 atom stereocenters. The summed E-state index contributed by atoms with van der Waals surface area (Å²) in [6, 6.07) is 23.4. The lowest BCUT2D eigenvalue weighted by Crippen LogP contribution is -2.31. The first kappa shape index (κ1) is 24.2. The maximum Gasteiger partial charge on any atom is 0.336 e. The highest BCUT2D eigenvalue weighted by atomic mass is 16.7. The smallest absolute Gasteiger partial charge is 0.336 e. The fraction of sp³-hybridized carbons (Fsp3) is 0.214. The molecule has 1 saturated heterocycles. The number of carbonyl (C=O) groups excluding carboxylic acids is 2. The first-order chi connectivity index (χ1) is 17.0. The molecule has 1 heterocycles. The van der Waals surface area contributed by atoms with Gasteiger partial charge in [-0.1, -0.05) is 42.5 Å². The second-order valence-electron chi connectivity index (χ2n) is 7.83. The molecule has 4 rings (SSSR count).